The van der Waals surface area contributed by atoms with E-state index < -0.39 is 0 Å². The summed E-state index contributed by atoms with van der Waals surface area (Å²) in [4.78, 5) is 7.31. The monoisotopic (exact) mass is 714 g/mol. The van der Waals surface area contributed by atoms with E-state index in [0.29, 0.717) is 5.89 Å². The molecule has 0 saturated heterocycles. The number of hydrogen-bond donors (Lipinski definition) is 0. The van der Waals surface area contributed by atoms with E-state index in [4.69, 9.17) is 9.40 Å². The van der Waals surface area contributed by atoms with Gasteiger partial charge in [-0.25, -0.2) is 4.98 Å². The minimum absolute atomic E-state index is 0.636. The fourth-order valence-corrected chi connectivity index (χ4v) is 8.48. The van der Waals surface area contributed by atoms with Gasteiger partial charge in [-0.2, -0.15) is 0 Å². The van der Waals surface area contributed by atoms with Gasteiger partial charge in [0.05, 0.1) is 11.4 Å². The summed E-state index contributed by atoms with van der Waals surface area (Å²) in [5.74, 6) is 0.636. The molecule has 0 aliphatic carbocycles. The number of nitrogens with zero attached hydrogens (tertiary/aromatic N) is 2. The summed E-state index contributed by atoms with van der Waals surface area (Å²) in [7, 11) is 0. The third-order valence-corrected chi connectivity index (χ3v) is 11.1. The Bertz CT molecular complexity index is 3240. The molecule has 1 aromatic heterocycles. The Morgan fingerprint density at radius 2 is 0.982 bits per heavy atom. The van der Waals surface area contributed by atoms with Crippen molar-refractivity contribution in [2.24, 2.45) is 0 Å². The van der Waals surface area contributed by atoms with Crippen molar-refractivity contribution in [1.82, 2.24) is 4.98 Å². The predicted molar refractivity (Wildman–Crippen MR) is 235 cm³/mol. The quantitative estimate of drug-likeness (QED) is 0.161. The third kappa shape index (κ3) is 5.25. The third-order valence-electron chi connectivity index (χ3n) is 11.1. The van der Waals surface area contributed by atoms with Crippen molar-refractivity contribution in [3.05, 3.63) is 206 Å². The van der Waals surface area contributed by atoms with Crippen molar-refractivity contribution < 1.29 is 4.42 Å². The van der Waals surface area contributed by atoms with Gasteiger partial charge in [0, 0.05) is 33.0 Å². The molecular formula is C53H34N2O. The van der Waals surface area contributed by atoms with Crippen LogP contribution in [0.25, 0.3) is 87.9 Å². The summed E-state index contributed by atoms with van der Waals surface area (Å²) in [6, 6.07) is 73.6. The smallest absolute Gasteiger partial charge is 0.227 e. The zero-order valence-corrected chi connectivity index (χ0v) is 30.4. The van der Waals surface area contributed by atoms with E-state index in [1.54, 1.807) is 0 Å². The van der Waals surface area contributed by atoms with Gasteiger partial charge in [0.2, 0.25) is 5.89 Å². The maximum Gasteiger partial charge on any atom is 0.227 e. The topological polar surface area (TPSA) is 29.3 Å². The van der Waals surface area contributed by atoms with Crippen molar-refractivity contribution in [3.63, 3.8) is 0 Å². The van der Waals surface area contributed by atoms with E-state index in [0.717, 1.165) is 44.5 Å². The number of aromatic nitrogens is 1. The Hall–Kier alpha value is -7.49. The average molecular weight is 715 g/mol. The Morgan fingerprint density at radius 1 is 0.375 bits per heavy atom. The minimum Gasteiger partial charge on any atom is -0.435 e. The molecule has 11 rings (SSSR count). The van der Waals surface area contributed by atoms with Crippen molar-refractivity contribution in [1.29, 1.82) is 0 Å². The fraction of sp³-hybridized carbons (Fsp3) is 0. The Morgan fingerprint density at radius 3 is 1.79 bits per heavy atom. The number of para-hydroxylation sites is 2. The molecule has 0 aliphatic rings. The summed E-state index contributed by atoms with van der Waals surface area (Å²) in [5, 5.41) is 9.34. The SMILES string of the molecule is c1ccc(-c2nc3ccc4ccc5ccc6cc(-c7cccc8c(N(c9ccccc9)c9ccccc9-c9ccccc9)cccc78)ccc6c5c4c3o2)cc1. The number of hydrogen-bond acceptors (Lipinski definition) is 3. The van der Waals surface area contributed by atoms with Crippen molar-refractivity contribution >= 4 is 71.3 Å². The molecule has 1 heterocycles. The highest BCUT2D eigenvalue weighted by Crippen LogP contribution is 2.45. The lowest BCUT2D eigenvalue weighted by Gasteiger charge is -2.29. The molecular weight excluding hydrogens is 681 g/mol. The molecule has 3 heteroatoms. The van der Waals surface area contributed by atoms with Crippen LogP contribution in [0.4, 0.5) is 17.1 Å². The standard InChI is InChI=1S/C53H34N2O/c1-4-14-35(15-5-1)43-20-10-11-24-48(43)55(41-18-8-3-9-19-41)49-25-13-22-45-42(21-12-23-46(45)49)39-30-32-44-40(34-39)29-28-36-26-27-37-31-33-47-52(51(37)50(36)44)56-53(54-47)38-16-6-2-7-17-38/h1-34H. The van der Waals surface area contributed by atoms with Gasteiger partial charge in [-0.1, -0.05) is 158 Å². The summed E-state index contributed by atoms with van der Waals surface area (Å²) < 4.78 is 6.58. The van der Waals surface area contributed by atoms with Gasteiger partial charge < -0.3 is 9.32 Å². The minimum atomic E-state index is 0.636. The van der Waals surface area contributed by atoms with Crippen LogP contribution in [0, 0.1) is 0 Å². The largest absolute Gasteiger partial charge is 0.435 e. The highest BCUT2D eigenvalue weighted by atomic mass is 16.3. The first-order valence-electron chi connectivity index (χ1n) is 19.0. The van der Waals surface area contributed by atoms with Gasteiger partial charge in [0.1, 0.15) is 5.52 Å². The molecule has 262 valence electrons. The normalized spacial score (nSPS) is 11.6. The van der Waals surface area contributed by atoms with Crippen LogP contribution in [0.5, 0.6) is 0 Å². The lowest BCUT2D eigenvalue weighted by molar-refractivity contribution is 0.623. The lowest BCUT2D eigenvalue weighted by atomic mass is 9.92. The fourth-order valence-electron chi connectivity index (χ4n) is 8.48. The van der Waals surface area contributed by atoms with Crippen LogP contribution in [-0.2, 0) is 0 Å². The summed E-state index contributed by atoms with van der Waals surface area (Å²) in [6.45, 7) is 0. The van der Waals surface area contributed by atoms with Crippen LogP contribution in [0.3, 0.4) is 0 Å². The van der Waals surface area contributed by atoms with Crippen LogP contribution in [0.15, 0.2) is 211 Å². The van der Waals surface area contributed by atoms with E-state index in [9.17, 15) is 0 Å². The van der Waals surface area contributed by atoms with Gasteiger partial charge in [0.15, 0.2) is 5.58 Å². The van der Waals surface area contributed by atoms with Crippen LogP contribution < -0.4 is 4.90 Å². The first-order chi connectivity index (χ1) is 27.8. The second-order valence-corrected chi connectivity index (χ2v) is 14.3. The van der Waals surface area contributed by atoms with Gasteiger partial charge in [0.25, 0.3) is 0 Å². The molecule has 0 fully saturated rings. The highest BCUT2D eigenvalue weighted by Gasteiger charge is 2.20. The second-order valence-electron chi connectivity index (χ2n) is 14.3. The van der Waals surface area contributed by atoms with Crippen molar-refractivity contribution in [2.75, 3.05) is 4.90 Å². The Kier molecular flexibility index (Phi) is 7.49. The van der Waals surface area contributed by atoms with E-state index in [1.165, 1.54) is 54.6 Å². The van der Waals surface area contributed by atoms with Crippen molar-refractivity contribution in [2.45, 2.75) is 0 Å². The van der Waals surface area contributed by atoms with E-state index >= 15 is 0 Å². The Balaban J connectivity index is 1.09. The molecule has 0 radical (unpaired) electrons. The van der Waals surface area contributed by atoms with Crippen LogP contribution in [-0.4, -0.2) is 4.98 Å². The lowest BCUT2D eigenvalue weighted by Crippen LogP contribution is -2.11. The molecule has 10 aromatic carbocycles. The van der Waals surface area contributed by atoms with Gasteiger partial charge in [-0.15, -0.1) is 0 Å². The van der Waals surface area contributed by atoms with Gasteiger partial charge in [-0.05, 0) is 92.2 Å². The number of fused-ring (bicyclic) bond motifs is 8. The van der Waals surface area contributed by atoms with Crippen LogP contribution in [0.1, 0.15) is 0 Å². The predicted octanol–water partition coefficient (Wildman–Crippen LogP) is 14.9. The average Bonchev–Trinajstić information content (AvgIpc) is 3.72. The van der Waals surface area contributed by atoms with Crippen LogP contribution in [0.2, 0.25) is 0 Å². The zero-order valence-electron chi connectivity index (χ0n) is 30.4. The summed E-state index contributed by atoms with van der Waals surface area (Å²) in [5.41, 5.74) is 10.7. The molecule has 0 atom stereocenters. The number of rotatable bonds is 6. The second kappa shape index (κ2) is 13.1. The van der Waals surface area contributed by atoms with Gasteiger partial charge in [-0.3, -0.25) is 0 Å². The molecule has 0 bridgehead atoms. The number of benzene rings is 10. The molecule has 0 N–H and O–H groups in total. The molecule has 0 spiro atoms. The number of anilines is 3. The molecule has 0 aliphatic heterocycles. The molecule has 3 nitrogen and oxygen atoms in total. The van der Waals surface area contributed by atoms with Crippen molar-refractivity contribution in [3.8, 4) is 33.7 Å². The first kappa shape index (κ1) is 32.0. The highest BCUT2D eigenvalue weighted by molar-refractivity contribution is 6.26. The van der Waals surface area contributed by atoms with E-state index in [2.05, 4.69) is 181 Å². The van der Waals surface area contributed by atoms with E-state index in [-0.39, 0.29) is 0 Å². The summed E-state index contributed by atoms with van der Waals surface area (Å²) >= 11 is 0. The summed E-state index contributed by atoms with van der Waals surface area (Å²) in [6.07, 6.45) is 0. The molecule has 0 unspecified atom stereocenters. The van der Waals surface area contributed by atoms with E-state index in [1.807, 2.05) is 30.3 Å². The maximum absolute atomic E-state index is 6.58. The Labute approximate surface area is 324 Å². The molecule has 56 heavy (non-hydrogen) atoms. The zero-order chi connectivity index (χ0) is 37.0. The molecule has 0 saturated carbocycles. The first-order valence-corrected chi connectivity index (χ1v) is 19.0. The van der Waals surface area contributed by atoms with Gasteiger partial charge >= 0.3 is 0 Å². The maximum atomic E-state index is 6.58. The van der Waals surface area contributed by atoms with Crippen LogP contribution >= 0.6 is 0 Å². The molecule has 0 amide bonds. The number of oxazole rings is 1. The molecule has 11 aromatic rings.